The van der Waals surface area contributed by atoms with Crippen LogP contribution < -0.4 is 5.43 Å². The Kier molecular flexibility index (Phi) is 5.73. The van der Waals surface area contributed by atoms with Gasteiger partial charge in [-0.3, -0.25) is 10.2 Å². The van der Waals surface area contributed by atoms with E-state index in [0.717, 1.165) is 19.3 Å². The van der Waals surface area contributed by atoms with Crippen LogP contribution in [0, 0.1) is 5.92 Å². The van der Waals surface area contributed by atoms with Crippen LogP contribution in [0.2, 0.25) is 0 Å². The average Bonchev–Trinajstić information content (AvgIpc) is 2.88. The van der Waals surface area contributed by atoms with Gasteiger partial charge < -0.3 is 4.74 Å². The highest BCUT2D eigenvalue weighted by atomic mass is 32.1. The monoisotopic (exact) mass is 293 g/mol. The zero-order chi connectivity index (χ0) is 14.2. The predicted molar refractivity (Wildman–Crippen MR) is 81.0 cm³/mol. The SMILES string of the molecule is CCOC(=O)Cc1csc(N/N=C/[C@H]2CC=CCC2)n1. The zero-order valence-electron chi connectivity index (χ0n) is 11.5. The molecule has 1 aromatic heterocycles. The van der Waals surface area contributed by atoms with Crippen molar-refractivity contribution in [3.63, 3.8) is 0 Å². The van der Waals surface area contributed by atoms with Gasteiger partial charge in [-0.1, -0.05) is 12.2 Å². The Labute approximate surface area is 122 Å². The van der Waals surface area contributed by atoms with Gasteiger partial charge in [0, 0.05) is 11.6 Å². The minimum absolute atomic E-state index is 0.211. The minimum atomic E-state index is -0.248. The molecule has 1 N–H and O–H groups in total. The largest absolute Gasteiger partial charge is 0.466 e. The summed E-state index contributed by atoms with van der Waals surface area (Å²) < 4.78 is 4.88. The molecule has 0 aromatic carbocycles. The van der Waals surface area contributed by atoms with Gasteiger partial charge in [0.05, 0.1) is 18.7 Å². The quantitative estimate of drug-likeness (QED) is 0.379. The Morgan fingerprint density at radius 1 is 1.65 bits per heavy atom. The summed E-state index contributed by atoms with van der Waals surface area (Å²) in [5.41, 5.74) is 3.63. The summed E-state index contributed by atoms with van der Waals surface area (Å²) in [6.45, 7) is 2.19. The van der Waals surface area contributed by atoms with E-state index in [1.54, 1.807) is 6.92 Å². The van der Waals surface area contributed by atoms with Gasteiger partial charge in [0.25, 0.3) is 0 Å². The lowest BCUT2D eigenvalue weighted by Crippen LogP contribution is -2.07. The number of nitrogens with zero attached hydrogens (tertiary/aromatic N) is 2. The molecule has 0 amide bonds. The van der Waals surface area contributed by atoms with E-state index in [4.69, 9.17) is 4.74 Å². The van der Waals surface area contributed by atoms with Crippen molar-refractivity contribution in [1.82, 2.24) is 4.98 Å². The molecular formula is C14H19N3O2S. The lowest BCUT2D eigenvalue weighted by atomic mass is 9.96. The van der Waals surface area contributed by atoms with Crippen LogP contribution in [-0.4, -0.2) is 23.8 Å². The van der Waals surface area contributed by atoms with E-state index in [2.05, 4.69) is 27.7 Å². The van der Waals surface area contributed by atoms with Gasteiger partial charge in [-0.25, -0.2) is 4.98 Å². The van der Waals surface area contributed by atoms with Gasteiger partial charge in [0.15, 0.2) is 0 Å². The lowest BCUT2D eigenvalue weighted by Gasteiger charge is -2.11. The van der Waals surface area contributed by atoms with Gasteiger partial charge in [-0.15, -0.1) is 11.3 Å². The number of hydrogen-bond acceptors (Lipinski definition) is 6. The number of carbonyl (C=O) groups is 1. The van der Waals surface area contributed by atoms with Crippen LogP contribution in [0.5, 0.6) is 0 Å². The van der Waals surface area contributed by atoms with Crippen LogP contribution in [0.25, 0.3) is 0 Å². The molecule has 0 fully saturated rings. The van der Waals surface area contributed by atoms with E-state index in [0.29, 0.717) is 23.4 Å². The predicted octanol–water partition coefficient (Wildman–Crippen LogP) is 3.00. The summed E-state index contributed by atoms with van der Waals surface area (Å²) in [5, 5.41) is 6.76. The topological polar surface area (TPSA) is 63.6 Å². The molecule has 1 atom stereocenters. The molecule has 1 aliphatic carbocycles. The molecule has 108 valence electrons. The standard InChI is InChI=1S/C14H19N3O2S/c1-2-19-13(18)8-12-10-20-14(16-12)17-15-9-11-6-4-3-5-7-11/h3-4,9-11H,2,5-8H2,1H3,(H,16,17)/b15-9+/t11-/m0/s1. The van der Waals surface area contributed by atoms with E-state index in [9.17, 15) is 4.79 Å². The molecule has 0 saturated carbocycles. The fourth-order valence-electron chi connectivity index (χ4n) is 1.95. The van der Waals surface area contributed by atoms with Crippen molar-refractivity contribution in [3.8, 4) is 0 Å². The third-order valence-corrected chi connectivity index (χ3v) is 3.73. The Hall–Kier alpha value is -1.69. The number of thiazole rings is 1. The highest BCUT2D eigenvalue weighted by molar-refractivity contribution is 7.13. The van der Waals surface area contributed by atoms with Gasteiger partial charge in [0.2, 0.25) is 5.13 Å². The highest BCUT2D eigenvalue weighted by Crippen LogP contribution is 2.18. The Balaban J connectivity index is 1.79. The molecule has 1 heterocycles. The van der Waals surface area contributed by atoms with Crippen LogP contribution in [0.3, 0.4) is 0 Å². The van der Waals surface area contributed by atoms with Gasteiger partial charge >= 0.3 is 5.97 Å². The van der Waals surface area contributed by atoms with Gasteiger partial charge in [0.1, 0.15) is 0 Å². The first-order valence-corrected chi connectivity index (χ1v) is 7.70. The minimum Gasteiger partial charge on any atom is -0.466 e. The third kappa shape index (κ3) is 4.77. The number of allylic oxidation sites excluding steroid dienone is 2. The molecule has 0 bridgehead atoms. The van der Waals surface area contributed by atoms with Crippen LogP contribution in [0.1, 0.15) is 31.9 Å². The number of aromatic nitrogens is 1. The second kappa shape index (κ2) is 7.79. The smallest absolute Gasteiger partial charge is 0.311 e. The number of ether oxygens (including phenoxy) is 1. The van der Waals surface area contributed by atoms with E-state index in [1.807, 2.05) is 11.6 Å². The maximum atomic E-state index is 11.3. The number of esters is 1. The fraction of sp³-hybridized carbons (Fsp3) is 0.500. The van der Waals surface area contributed by atoms with Crippen LogP contribution in [-0.2, 0) is 16.0 Å². The summed E-state index contributed by atoms with van der Waals surface area (Å²) in [5.74, 6) is 0.258. The number of hydrogen-bond donors (Lipinski definition) is 1. The first-order valence-electron chi connectivity index (χ1n) is 6.82. The first kappa shape index (κ1) is 14.7. The van der Waals surface area contributed by atoms with Gasteiger partial charge in [-0.05, 0) is 32.1 Å². The molecule has 1 aromatic rings. The molecule has 0 saturated heterocycles. The normalized spacial score (nSPS) is 18.4. The second-order valence-electron chi connectivity index (χ2n) is 4.56. The van der Waals surface area contributed by atoms with Crippen molar-refractivity contribution >= 4 is 28.7 Å². The van der Waals surface area contributed by atoms with Crippen molar-refractivity contribution in [1.29, 1.82) is 0 Å². The third-order valence-electron chi connectivity index (χ3n) is 2.94. The summed E-state index contributed by atoms with van der Waals surface area (Å²) in [7, 11) is 0. The molecule has 2 rings (SSSR count). The average molecular weight is 293 g/mol. The van der Waals surface area contributed by atoms with Crippen molar-refractivity contribution in [2.24, 2.45) is 11.0 Å². The summed E-state index contributed by atoms with van der Waals surface area (Å²) >= 11 is 1.44. The van der Waals surface area contributed by atoms with E-state index in [-0.39, 0.29) is 12.4 Å². The Bertz CT molecular complexity index is 496. The summed E-state index contributed by atoms with van der Waals surface area (Å²) in [6.07, 6.45) is 9.88. The summed E-state index contributed by atoms with van der Waals surface area (Å²) in [6, 6.07) is 0. The molecular weight excluding hydrogens is 274 g/mol. The molecule has 20 heavy (non-hydrogen) atoms. The Morgan fingerprint density at radius 3 is 3.30 bits per heavy atom. The number of carbonyl (C=O) groups excluding carboxylic acids is 1. The van der Waals surface area contributed by atoms with Crippen LogP contribution >= 0.6 is 11.3 Å². The fourth-order valence-corrected chi connectivity index (χ4v) is 2.61. The molecule has 6 heteroatoms. The maximum absolute atomic E-state index is 11.3. The van der Waals surface area contributed by atoms with E-state index >= 15 is 0 Å². The molecule has 0 spiro atoms. The lowest BCUT2D eigenvalue weighted by molar-refractivity contribution is -0.142. The zero-order valence-corrected chi connectivity index (χ0v) is 12.4. The molecule has 0 radical (unpaired) electrons. The number of anilines is 1. The molecule has 5 nitrogen and oxygen atoms in total. The van der Waals surface area contributed by atoms with Crippen LogP contribution in [0.4, 0.5) is 5.13 Å². The van der Waals surface area contributed by atoms with Crippen molar-refractivity contribution in [2.75, 3.05) is 12.0 Å². The molecule has 0 aliphatic heterocycles. The summed E-state index contributed by atoms with van der Waals surface area (Å²) in [4.78, 5) is 15.6. The number of hydrazone groups is 1. The highest BCUT2D eigenvalue weighted by Gasteiger charge is 2.09. The van der Waals surface area contributed by atoms with E-state index < -0.39 is 0 Å². The van der Waals surface area contributed by atoms with Crippen LogP contribution in [0.15, 0.2) is 22.6 Å². The van der Waals surface area contributed by atoms with Crippen molar-refractivity contribution < 1.29 is 9.53 Å². The first-order chi connectivity index (χ1) is 9.78. The molecule has 1 aliphatic rings. The Morgan fingerprint density at radius 2 is 2.55 bits per heavy atom. The van der Waals surface area contributed by atoms with Gasteiger partial charge in [-0.2, -0.15) is 5.10 Å². The number of rotatable bonds is 6. The van der Waals surface area contributed by atoms with E-state index in [1.165, 1.54) is 11.3 Å². The maximum Gasteiger partial charge on any atom is 0.311 e. The van der Waals surface area contributed by atoms with Crippen molar-refractivity contribution in [2.45, 2.75) is 32.6 Å². The number of nitrogens with one attached hydrogen (secondary N) is 1. The molecule has 0 unspecified atom stereocenters. The second-order valence-corrected chi connectivity index (χ2v) is 5.42. The van der Waals surface area contributed by atoms with Crippen molar-refractivity contribution in [3.05, 3.63) is 23.2 Å².